The number of nitrogens with zero attached hydrogens (tertiary/aromatic N) is 1. The lowest BCUT2D eigenvalue weighted by Crippen LogP contribution is -2.25. The molecule has 2 N–H and O–H groups in total. The van der Waals surface area contributed by atoms with Gasteiger partial charge in [-0.25, -0.2) is 5.43 Å². The number of amides is 1. The summed E-state index contributed by atoms with van der Waals surface area (Å²) in [5, 5.41) is 6.99. The first-order chi connectivity index (χ1) is 12.6. The van der Waals surface area contributed by atoms with E-state index in [0.717, 1.165) is 11.3 Å². The lowest BCUT2D eigenvalue weighted by Gasteiger charge is -2.12. The molecule has 0 saturated carbocycles. The highest BCUT2D eigenvalue weighted by atomic mass is 16.5. The number of hydrogen-bond donors (Lipinski definition) is 2. The molecule has 7 heteroatoms. The molecule has 2 aromatic carbocycles. The molecule has 0 saturated heterocycles. The summed E-state index contributed by atoms with van der Waals surface area (Å²) in [7, 11) is 4.61. The number of anilines is 1. The Morgan fingerprint density at radius 2 is 1.65 bits per heavy atom. The maximum atomic E-state index is 11.9. The Bertz CT molecular complexity index is 748. The topological polar surface area (TPSA) is 81.2 Å². The highest BCUT2D eigenvalue weighted by Crippen LogP contribution is 2.37. The van der Waals surface area contributed by atoms with Crippen molar-refractivity contribution < 1.29 is 19.0 Å². The molecular weight excluding hydrogens is 334 g/mol. The number of hydrazone groups is 1. The molecule has 0 atom stereocenters. The van der Waals surface area contributed by atoms with Gasteiger partial charge in [-0.2, -0.15) is 5.10 Å². The Balaban J connectivity index is 1.94. The average molecular weight is 357 g/mol. The fraction of sp³-hybridized carbons (Fsp3) is 0.263. The molecular formula is C19H23N3O4. The minimum absolute atomic E-state index is 0.121. The number of hydrogen-bond acceptors (Lipinski definition) is 6. The van der Waals surface area contributed by atoms with Gasteiger partial charge in [0.15, 0.2) is 11.5 Å². The zero-order chi connectivity index (χ0) is 18.9. The van der Waals surface area contributed by atoms with Crippen LogP contribution in [-0.4, -0.2) is 40.0 Å². The quantitative estimate of drug-likeness (QED) is 0.561. The van der Waals surface area contributed by atoms with Gasteiger partial charge in [0.05, 0.1) is 34.1 Å². The normalized spacial score (nSPS) is 10.5. The predicted molar refractivity (Wildman–Crippen MR) is 102 cm³/mol. The molecule has 0 aliphatic rings. The predicted octanol–water partition coefficient (Wildman–Crippen LogP) is 2.58. The van der Waals surface area contributed by atoms with Crippen LogP contribution in [-0.2, 0) is 4.79 Å². The first-order valence-corrected chi connectivity index (χ1v) is 7.99. The Hall–Kier alpha value is -3.22. The molecule has 1 amide bonds. The standard InChI is InChI=1S/C19H23N3O4/c1-13-5-7-15(8-6-13)20-12-18(23)22-21-11-14-9-16(24-2)19(26-4)17(10-14)25-3/h5-11,20H,12H2,1-4H3,(H,22,23). The van der Waals surface area contributed by atoms with Crippen molar-refractivity contribution in [1.29, 1.82) is 0 Å². The summed E-state index contributed by atoms with van der Waals surface area (Å²) in [5.41, 5.74) is 5.21. The van der Waals surface area contributed by atoms with E-state index in [9.17, 15) is 4.79 Å². The van der Waals surface area contributed by atoms with Crippen LogP contribution < -0.4 is 25.0 Å². The van der Waals surface area contributed by atoms with Crippen molar-refractivity contribution in [2.75, 3.05) is 33.2 Å². The number of carbonyl (C=O) groups is 1. The van der Waals surface area contributed by atoms with Crippen molar-refractivity contribution in [3.05, 3.63) is 47.5 Å². The first-order valence-electron chi connectivity index (χ1n) is 7.99. The van der Waals surface area contributed by atoms with Crippen molar-refractivity contribution in [2.45, 2.75) is 6.92 Å². The van der Waals surface area contributed by atoms with E-state index in [1.165, 1.54) is 27.5 Å². The van der Waals surface area contributed by atoms with Crippen molar-refractivity contribution in [3.63, 3.8) is 0 Å². The molecule has 2 rings (SSSR count). The van der Waals surface area contributed by atoms with E-state index in [1.54, 1.807) is 12.1 Å². The zero-order valence-corrected chi connectivity index (χ0v) is 15.3. The van der Waals surface area contributed by atoms with Crippen molar-refractivity contribution in [2.24, 2.45) is 5.10 Å². The van der Waals surface area contributed by atoms with E-state index < -0.39 is 0 Å². The van der Waals surface area contributed by atoms with Gasteiger partial charge in [-0.15, -0.1) is 0 Å². The van der Waals surface area contributed by atoms with Gasteiger partial charge in [-0.1, -0.05) is 17.7 Å². The number of rotatable bonds is 8. The lowest BCUT2D eigenvalue weighted by atomic mass is 10.2. The fourth-order valence-corrected chi connectivity index (χ4v) is 2.25. The Morgan fingerprint density at radius 3 is 2.19 bits per heavy atom. The average Bonchev–Trinajstić information content (AvgIpc) is 2.66. The second-order valence-electron chi connectivity index (χ2n) is 5.47. The monoisotopic (exact) mass is 357 g/mol. The molecule has 7 nitrogen and oxygen atoms in total. The maximum absolute atomic E-state index is 11.9. The molecule has 0 heterocycles. The summed E-state index contributed by atoms with van der Waals surface area (Å²) >= 11 is 0. The van der Waals surface area contributed by atoms with E-state index in [0.29, 0.717) is 22.8 Å². The minimum Gasteiger partial charge on any atom is -0.493 e. The Morgan fingerprint density at radius 1 is 1.04 bits per heavy atom. The number of methoxy groups -OCH3 is 3. The second-order valence-corrected chi connectivity index (χ2v) is 5.47. The van der Waals surface area contributed by atoms with Crippen molar-refractivity contribution in [1.82, 2.24) is 5.43 Å². The summed E-state index contributed by atoms with van der Waals surface area (Å²) in [5.74, 6) is 1.27. The SMILES string of the molecule is COc1cc(C=NNC(=O)CNc2ccc(C)cc2)cc(OC)c1OC. The van der Waals surface area contributed by atoms with Crippen LogP contribution in [0.3, 0.4) is 0 Å². The largest absolute Gasteiger partial charge is 0.493 e. The van der Waals surface area contributed by atoms with Crippen LogP contribution in [0.25, 0.3) is 0 Å². The van der Waals surface area contributed by atoms with E-state index in [4.69, 9.17) is 14.2 Å². The third-order valence-corrected chi connectivity index (χ3v) is 3.59. The van der Waals surface area contributed by atoms with Gasteiger partial charge in [0.25, 0.3) is 5.91 Å². The highest BCUT2D eigenvalue weighted by molar-refractivity contribution is 5.85. The van der Waals surface area contributed by atoms with Crippen LogP contribution in [0.1, 0.15) is 11.1 Å². The minimum atomic E-state index is -0.255. The number of aryl methyl sites for hydroxylation is 1. The number of carbonyl (C=O) groups excluding carboxylic acids is 1. The number of nitrogens with one attached hydrogen (secondary N) is 2. The molecule has 0 fully saturated rings. The molecule has 26 heavy (non-hydrogen) atoms. The van der Waals surface area contributed by atoms with Gasteiger partial charge in [-0.3, -0.25) is 4.79 Å². The summed E-state index contributed by atoms with van der Waals surface area (Å²) in [4.78, 5) is 11.9. The molecule has 2 aromatic rings. The Labute approximate surface area is 153 Å². The van der Waals surface area contributed by atoms with E-state index >= 15 is 0 Å². The molecule has 0 unspecified atom stereocenters. The first kappa shape index (κ1) is 19.1. The van der Waals surface area contributed by atoms with Crippen LogP contribution in [0.5, 0.6) is 17.2 Å². The highest BCUT2D eigenvalue weighted by Gasteiger charge is 2.12. The summed E-state index contributed by atoms with van der Waals surface area (Å²) < 4.78 is 15.8. The van der Waals surface area contributed by atoms with Gasteiger partial charge < -0.3 is 19.5 Å². The van der Waals surface area contributed by atoms with Crippen molar-refractivity contribution in [3.8, 4) is 17.2 Å². The number of benzene rings is 2. The lowest BCUT2D eigenvalue weighted by molar-refractivity contribution is -0.119. The van der Waals surface area contributed by atoms with Crippen LogP contribution in [0.4, 0.5) is 5.69 Å². The van der Waals surface area contributed by atoms with Gasteiger partial charge in [0.2, 0.25) is 5.75 Å². The third kappa shape index (κ3) is 5.14. The molecule has 0 aliphatic heterocycles. The third-order valence-electron chi connectivity index (χ3n) is 3.59. The van der Waals surface area contributed by atoms with Crippen molar-refractivity contribution >= 4 is 17.8 Å². The number of ether oxygens (including phenoxy) is 3. The molecule has 0 spiro atoms. The molecule has 0 radical (unpaired) electrons. The molecule has 0 aliphatic carbocycles. The van der Waals surface area contributed by atoms with Crippen LogP contribution in [0, 0.1) is 6.92 Å². The van der Waals surface area contributed by atoms with Crippen LogP contribution in [0.15, 0.2) is 41.5 Å². The summed E-state index contributed by atoms with van der Waals surface area (Å²) in [6, 6.07) is 11.3. The Kier molecular flexibility index (Phi) is 6.84. The molecule has 0 aromatic heterocycles. The fourth-order valence-electron chi connectivity index (χ4n) is 2.25. The smallest absolute Gasteiger partial charge is 0.259 e. The van der Waals surface area contributed by atoms with Gasteiger partial charge in [0, 0.05) is 11.3 Å². The molecule has 138 valence electrons. The summed E-state index contributed by atoms with van der Waals surface area (Å²) in [6.45, 7) is 2.13. The van der Waals surface area contributed by atoms with Gasteiger partial charge >= 0.3 is 0 Å². The van der Waals surface area contributed by atoms with Crippen LogP contribution in [0.2, 0.25) is 0 Å². The van der Waals surface area contributed by atoms with Crippen LogP contribution >= 0.6 is 0 Å². The van der Waals surface area contributed by atoms with E-state index in [2.05, 4.69) is 15.8 Å². The van der Waals surface area contributed by atoms with Gasteiger partial charge in [-0.05, 0) is 31.2 Å². The zero-order valence-electron chi connectivity index (χ0n) is 15.3. The summed E-state index contributed by atoms with van der Waals surface area (Å²) in [6.07, 6.45) is 1.51. The van der Waals surface area contributed by atoms with E-state index in [1.807, 2.05) is 31.2 Å². The maximum Gasteiger partial charge on any atom is 0.259 e. The van der Waals surface area contributed by atoms with E-state index in [-0.39, 0.29) is 12.5 Å². The molecule has 0 bridgehead atoms. The van der Waals surface area contributed by atoms with Gasteiger partial charge in [0.1, 0.15) is 0 Å². The second kappa shape index (κ2) is 9.31.